The molecule has 2 aliphatic rings. The van der Waals surface area contributed by atoms with Crippen LogP contribution in [0.15, 0.2) is 24.3 Å². The van der Waals surface area contributed by atoms with Crippen LogP contribution in [-0.4, -0.2) is 36.0 Å². The lowest BCUT2D eigenvalue weighted by Crippen LogP contribution is -2.47. The third-order valence-electron chi connectivity index (χ3n) is 4.18. The Bertz CT molecular complexity index is 506. The fourth-order valence-corrected chi connectivity index (χ4v) is 3.02. The van der Waals surface area contributed by atoms with Crippen LogP contribution in [0, 0.1) is 0 Å². The van der Waals surface area contributed by atoms with Gasteiger partial charge < -0.3 is 20.5 Å². The molecule has 0 bridgehead atoms. The highest BCUT2D eigenvalue weighted by atomic mass is 16.5. The van der Waals surface area contributed by atoms with Gasteiger partial charge in [-0.25, -0.2) is 4.79 Å². The van der Waals surface area contributed by atoms with Gasteiger partial charge in [0.05, 0.1) is 24.3 Å². The molecule has 5 nitrogen and oxygen atoms in total. The third-order valence-corrected chi connectivity index (χ3v) is 4.18. The Morgan fingerprint density at radius 1 is 1.35 bits per heavy atom. The maximum absolute atomic E-state index is 12.1. The van der Waals surface area contributed by atoms with Crippen molar-refractivity contribution in [2.45, 2.75) is 44.1 Å². The van der Waals surface area contributed by atoms with Crippen LogP contribution in [0.3, 0.4) is 0 Å². The van der Waals surface area contributed by atoms with E-state index in [-0.39, 0.29) is 24.2 Å². The van der Waals surface area contributed by atoms with Gasteiger partial charge in [-0.2, -0.15) is 0 Å². The molecule has 0 radical (unpaired) electrons. The summed E-state index contributed by atoms with van der Waals surface area (Å²) in [7, 11) is 0. The minimum Gasteiger partial charge on any atom is -0.390 e. The average molecular weight is 276 g/mol. The van der Waals surface area contributed by atoms with Crippen molar-refractivity contribution >= 4 is 6.03 Å². The number of hydrogen-bond donors (Lipinski definition) is 3. The summed E-state index contributed by atoms with van der Waals surface area (Å²) in [6.07, 6.45) is 0.902. The number of carbonyl (C=O) groups is 1. The quantitative estimate of drug-likeness (QED) is 0.758. The number of ether oxygens (including phenoxy) is 1. The number of amides is 2. The molecule has 20 heavy (non-hydrogen) atoms. The van der Waals surface area contributed by atoms with E-state index in [4.69, 9.17) is 4.74 Å². The fraction of sp³-hybridized carbons (Fsp3) is 0.533. The Hall–Kier alpha value is -1.59. The zero-order chi connectivity index (χ0) is 14.1. The predicted octanol–water partition coefficient (Wildman–Crippen LogP) is 1.12. The van der Waals surface area contributed by atoms with Crippen LogP contribution in [0.25, 0.3) is 0 Å². The van der Waals surface area contributed by atoms with E-state index < -0.39 is 6.10 Å². The van der Waals surface area contributed by atoms with E-state index in [1.807, 2.05) is 31.2 Å². The number of carbonyl (C=O) groups excluding carboxylic acids is 1. The van der Waals surface area contributed by atoms with Crippen molar-refractivity contribution in [3.05, 3.63) is 35.4 Å². The lowest BCUT2D eigenvalue weighted by Gasteiger charge is -2.21. The second-order valence-corrected chi connectivity index (χ2v) is 5.54. The summed E-state index contributed by atoms with van der Waals surface area (Å²) < 4.78 is 5.42. The standard InChI is InChI=1S/C15H20N2O3/c1-9-12(6-7-20-9)16-15(19)17-14-11-5-3-2-4-10(11)8-13(14)18/h2-5,9,12-14,18H,6-8H2,1H3,(H2,16,17,19)/t9?,12?,13-,14+/m0/s1. The summed E-state index contributed by atoms with van der Waals surface area (Å²) >= 11 is 0. The molecule has 3 rings (SSSR count). The Kier molecular flexibility index (Phi) is 3.63. The molecule has 0 aromatic heterocycles. The number of urea groups is 1. The van der Waals surface area contributed by atoms with Crippen LogP contribution in [0.4, 0.5) is 4.79 Å². The molecular formula is C15H20N2O3. The first-order valence-electron chi connectivity index (χ1n) is 7.09. The van der Waals surface area contributed by atoms with Crippen LogP contribution in [0.5, 0.6) is 0 Å². The minimum absolute atomic E-state index is 0.0431. The Labute approximate surface area is 118 Å². The summed E-state index contributed by atoms with van der Waals surface area (Å²) in [6.45, 7) is 2.64. The molecule has 1 aromatic rings. The topological polar surface area (TPSA) is 70.6 Å². The molecule has 1 aromatic carbocycles. The molecule has 1 aliphatic carbocycles. The predicted molar refractivity (Wildman–Crippen MR) is 74.4 cm³/mol. The van der Waals surface area contributed by atoms with Crippen molar-refractivity contribution in [3.63, 3.8) is 0 Å². The average Bonchev–Trinajstić information content (AvgIpc) is 2.95. The van der Waals surface area contributed by atoms with Crippen molar-refractivity contribution < 1.29 is 14.6 Å². The van der Waals surface area contributed by atoms with Crippen molar-refractivity contribution in [2.75, 3.05) is 6.61 Å². The minimum atomic E-state index is -0.560. The van der Waals surface area contributed by atoms with E-state index in [1.165, 1.54) is 0 Å². The van der Waals surface area contributed by atoms with Crippen LogP contribution in [-0.2, 0) is 11.2 Å². The number of aliphatic hydroxyl groups is 1. The monoisotopic (exact) mass is 276 g/mol. The van der Waals surface area contributed by atoms with Gasteiger partial charge in [0.1, 0.15) is 0 Å². The first-order valence-corrected chi connectivity index (χ1v) is 7.09. The van der Waals surface area contributed by atoms with Crippen molar-refractivity contribution in [1.82, 2.24) is 10.6 Å². The Morgan fingerprint density at radius 3 is 2.90 bits per heavy atom. The number of hydrogen-bond acceptors (Lipinski definition) is 3. The number of fused-ring (bicyclic) bond motifs is 1. The van der Waals surface area contributed by atoms with Gasteiger partial charge in [0.15, 0.2) is 0 Å². The molecule has 4 atom stereocenters. The number of aliphatic hydroxyl groups excluding tert-OH is 1. The molecule has 1 fully saturated rings. The summed E-state index contributed by atoms with van der Waals surface area (Å²) in [5, 5.41) is 15.9. The Morgan fingerprint density at radius 2 is 2.15 bits per heavy atom. The number of rotatable bonds is 2. The SMILES string of the molecule is CC1OCCC1NC(=O)N[C@@H]1c2ccccc2C[C@@H]1O. The second-order valence-electron chi connectivity index (χ2n) is 5.54. The van der Waals surface area contributed by atoms with Gasteiger partial charge in [-0.1, -0.05) is 24.3 Å². The third kappa shape index (κ3) is 2.51. The summed E-state index contributed by atoms with van der Waals surface area (Å²) in [6, 6.07) is 7.30. The molecule has 3 N–H and O–H groups in total. The zero-order valence-corrected chi connectivity index (χ0v) is 11.5. The largest absolute Gasteiger partial charge is 0.390 e. The van der Waals surface area contributed by atoms with E-state index in [1.54, 1.807) is 0 Å². The second kappa shape index (κ2) is 5.42. The fourth-order valence-electron chi connectivity index (χ4n) is 3.02. The molecular weight excluding hydrogens is 256 g/mol. The molecule has 2 amide bonds. The highest BCUT2D eigenvalue weighted by Crippen LogP contribution is 2.31. The normalized spacial score (nSPS) is 31.9. The van der Waals surface area contributed by atoms with E-state index >= 15 is 0 Å². The summed E-state index contributed by atoms with van der Waals surface area (Å²) in [5.74, 6) is 0. The molecule has 0 saturated carbocycles. The lowest BCUT2D eigenvalue weighted by molar-refractivity contribution is 0.112. The first kappa shape index (κ1) is 13.4. The van der Waals surface area contributed by atoms with Crippen LogP contribution in [0.1, 0.15) is 30.5 Å². The van der Waals surface area contributed by atoms with Gasteiger partial charge in [0.2, 0.25) is 0 Å². The van der Waals surface area contributed by atoms with Crippen molar-refractivity contribution in [2.24, 2.45) is 0 Å². The lowest BCUT2D eigenvalue weighted by atomic mass is 10.1. The maximum Gasteiger partial charge on any atom is 0.315 e. The molecule has 2 unspecified atom stereocenters. The Balaban J connectivity index is 1.64. The first-order chi connectivity index (χ1) is 9.65. The van der Waals surface area contributed by atoms with Gasteiger partial charge in [-0.15, -0.1) is 0 Å². The van der Waals surface area contributed by atoms with Crippen molar-refractivity contribution in [3.8, 4) is 0 Å². The van der Waals surface area contributed by atoms with Crippen molar-refractivity contribution in [1.29, 1.82) is 0 Å². The van der Waals surface area contributed by atoms with Gasteiger partial charge in [-0.05, 0) is 24.5 Å². The zero-order valence-electron chi connectivity index (χ0n) is 11.5. The molecule has 1 aliphatic heterocycles. The van der Waals surface area contributed by atoms with Crippen LogP contribution >= 0.6 is 0 Å². The maximum atomic E-state index is 12.1. The highest BCUT2D eigenvalue weighted by Gasteiger charge is 2.33. The van der Waals surface area contributed by atoms with E-state index in [0.717, 1.165) is 17.5 Å². The van der Waals surface area contributed by atoms with Gasteiger partial charge in [-0.3, -0.25) is 0 Å². The molecule has 0 spiro atoms. The van der Waals surface area contributed by atoms with Gasteiger partial charge >= 0.3 is 6.03 Å². The van der Waals surface area contributed by atoms with E-state index in [9.17, 15) is 9.90 Å². The van der Waals surface area contributed by atoms with Crippen LogP contribution in [0.2, 0.25) is 0 Å². The van der Waals surface area contributed by atoms with Crippen LogP contribution < -0.4 is 10.6 Å². The number of nitrogens with one attached hydrogen (secondary N) is 2. The molecule has 1 saturated heterocycles. The summed E-state index contributed by atoms with van der Waals surface area (Å²) in [4.78, 5) is 12.1. The van der Waals surface area contributed by atoms with E-state index in [0.29, 0.717) is 13.0 Å². The molecule has 1 heterocycles. The molecule has 108 valence electrons. The highest BCUT2D eigenvalue weighted by molar-refractivity contribution is 5.75. The smallest absolute Gasteiger partial charge is 0.315 e. The number of benzene rings is 1. The van der Waals surface area contributed by atoms with Gasteiger partial charge in [0.25, 0.3) is 0 Å². The van der Waals surface area contributed by atoms with Gasteiger partial charge in [0, 0.05) is 13.0 Å². The van der Waals surface area contributed by atoms with E-state index in [2.05, 4.69) is 10.6 Å². The summed E-state index contributed by atoms with van der Waals surface area (Å²) in [5.41, 5.74) is 2.11. The molecule has 5 heteroatoms.